The summed E-state index contributed by atoms with van der Waals surface area (Å²) < 4.78 is 37.8. The number of nitrogens with one attached hydrogen (secondary N) is 1. The molecule has 30 heavy (non-hydrogen) atoms. The van der Waals surface area contributed by atoms with Crippen molar-refractivity contribution in [3.63, 3.8) is 0 Å². The average molecular weight is 422 g/mol. The van der Waals surface area contributed by atoms with Crippen molar-refractivity contribution < 1.29 is 23.1 Å². The highest BCUT2D eigenvalue weighted by atomic mass is 19.4. The summed E-state index contributed by atoms with van der Waals surface area (Å²) >= 11 is 0. The summed E-state index contributed by atoms with van der Waals surface area (Å²) in [6.07, 6.45) is -0.900. The van der Waals surface area contributed by atoms with Crippen molar-refractivity contribution >= 4 is 5.91 Å². The lowest BCUT2D eigenvalue weighted by atomic mass is 9.82. The topological polar surface area (TPSA) is 71.3 Å². The first-order valence-electron chi connectivity index (χ1n) is 10.1. The molecule has 2 N–H and O–H groups in total. The SMILES string of the molecule is O=C(NC1CCC(c2ccccc2)CC1)c1ccn(CCCC(F)(F)F)c(=O)c1O. The van der Waals surface area contributed by atoms with Gasteiger partial charge in [-0.25, -0.2) is 0 Å². The second-order valence-electron chi connectivity index (χ2n) is 7.73. The highest BCUT2D eigenvalue weighted by Gasteiger charge is 2.27. The van der Waals surface area contributed by atoms with Gasteiger partial charge in [0.25, 0.3) is 11.5 Å². The van der Waals surface area contributed by atoms with E-state index in [9.17, 15) is 27.9 Å². The van der Waals surface area contributed by atoms with Crippen LogP contribution in [-0.4, -0.2) is 27.8 Å². The monoisotopic (exact) mass is 422 g/mol. The van der Waals surface area contributed by atoms with Crippen LogP contribution in [0, 0.1) is 0 Å². The third kappa shape index (κ3) is 5.64. The molecule has 1 aromatic heterocycles. The number of alkyl halides is 3. The smallest absolute Gasteiger partial charge is 0.389 e. The lowest BCUT2D eigenvalue weighted by Crippen LogP contribution is -2.38. The van der Waals surface area contributed by atoms with Gasteiger partial charge in [0.05, 0.1) is 5.56 Å². The first-order chi connectivity index (χ1) is 14.2. The quantitative estimate of drug-likeness (QED) is 0.727. The summed E-state index contributed by atoms with van der Waals surface area (Å²) in [6, 6.07) is 11.4. The van der Waals surface area contributed by atoms with Gasteiger partial charge in [-0.15, -0.1) is 0 Å². The maximum atomic E-state index is 12.5. The fourth-order valence-corrected chi connectivity index (χ4v) is 3.93. The minimum Gasteiger partial charge on any atom is -0.502 e. The van der Waals surface area contributed by atoms with Gasteiger partial charge in [0.15, 0.2) is 5.75 Å². The Hall–Kier alpha value is -2.77. The van der Waals surface area contributed by atoms with Gasteiger partial charge < -0.3 is 15.0 Å². The van der Waals surface area contributed by atoms with Gasteiger partial charge in [-0.3, -0.25) is 9.59 Å². The van der Waals surface area contributed by atoms with E-state index < -0.39 is 29.8 Å². The maximum absolute atomic E-state index is 12.5. The number of rotatable bonds is 6. The van der Waals surface area contributed by atoms with E-state index in [1.165, 1.54) is 17.8 Å². The Labute approximate surface area is 172 Å². The Morgan fingerprint density at radius 3 is 2.40 bits per heavy atom. The van der Waals surface area contributed by atoms with Gasteiger partial charge >= 0.3 is 6.18 Å². The number of aromatic hydroxyl groups is 1. The number of carbonyl (C=O) groups excluding carboxylic acids is 1. The van der Waals surface area contributed by atoms with Crippen LogP contribution in [0.1, 0.15) is 60.4 Å². The Morgan fingerprint density at radius 1 is 1.10 bits per heavy atom. The van der Waals surface area contributed by atoms with Gasteiger partial charge in [-0.05, 0) is 49.7 Å². The van der Waals surface area contributed by atoms with Crippen LogP contribution < -0.4 is 10.9 Å². The molecular formula is C22H25F3N2O3. The highest BCUT2D eigenvalue weighted by Crippen LogP contribution is 2.32. The number of pyridine rings is 1. The van der Waals surface area contributed by atoms with Crippen LogP contribution in [0.2, 0.25) is 0 Å². The molecule has 0 saturated heterocycles. The normalized spacial score (nSPS) is 19.4. The van der Waals surface area contributed by atoms with Crippen molar-refractivity contribution in [2.75, 3.05) is 0 Å². The first-order valence-corrected chi connectivity index (χ1v) is 10.1. The number of aryl methyl sites for hydroxylation is 1. The molecule has 1 amide bonds. The van der Waals surface area contributed by atoms with Crippen molar-refractivity contribution in [1.29, 1.82) is 0 Å². The summed E-state index contributed by atoms with van der Waals surface area (Å²) in [6.45, 7) is -0.183. The number of nitrogens with zero attached hydrogens (tertiary/aromatic N) is 1. The Kier molecular flexibility index (Phi) is 6.84. The summed E-state index contributed by atoms with van der Waals surface area (Å²) in [5.41, 5.74) is 0.268. The molecule has 1 aromatic carbocycles. The third-order valence-electron chi connectivity index (χ3n) is 5.58. The van der Waals surface area contributed by atoms with Crippen molar-refractivity contribution in [1.82, 2.24) is 9.88 Å². The summed E-state index contributed by atoms with van der Waals surface area (Å²) in [5, 5.41) is 13.0. The van der Waals surface area contributed by atoms with Crippen LogP contribution >= 0.6 is 0 Å². The van der Waals surface area contributed by atoms with Crippen LogP contribution in [0.3, 0.4) is 0 Å². The Morgan fingerprint density at radius 2 is 1.77 bits per heavy atom. The number of amides is 1. The zero-order valence-corrected chi connectivity index (χ0v) is 16.5. The van der Waals surface area contributed by atoms with Gasteiger partial charge in [0.1, 0.15) is 0 Å². The van der Waals surface area contributed by atoms with E-state index in [-0.39, 0.29) is 24.6 Å². The molecule has 1 heterocycles. The molecule has 0 radical (unpaired) electrons. The lowest BCUT2D eigenvalue weighted by molar-refractivity contribution is -0.135. The molecule has 0 spiro atoms. The summed E-state index contributed by atoms with van der Waals surface area (Å²) in [7, 11) is 0. The van der Waals surface area contributed by atoms with Crippen molar-refractivity contribution in [2.45, 2.75) is 63.2 Å². The molecule has 0 bridgehead atoms. The number of carbonyl (C=O) groups is 1. The Balaban J connectivity index is 1.57. The average Bonchev–Trinajstić information content (AvgIpc) is 2.71. The zero-order valence-electron chi connectivity index (χ0n) is 16.5. The Bertz CT molecular complexity index is 917. The molecule has 0 unspecified atom stereocenters. The molecule has 1 aliphatic carbocycles. The number of halogens is 3. The van der Waals surface area contributed by atoms with E-state index >= 15 is 0 Å². The van der Waals surface area contributed by atoms with E-state index in [4.69, 9.17) is 0 Å². The molecule has 1 fully saturated rings. The minimum atomic E-state index is -4.30. The second-order valence-corrected chi connectivity index (χ2v) is 7.73. The predicted octanol–water partition coefficient (Wildman–Crippen LogP) is 4.35. The van der Waals surface area contributed by atoms with Crippen molar-refractivity contribution in [3.05, 3.63) is 64.1 Å². The van der Waals surface area contributed by atoms with E-state index in [1.807, 2.05) is 18.2 Å². The molecule has 1 aliphatic rings. The van der Waals surface area contributed by atoms with Crippen LogP contribution in [0.4, 0.5) is 13.2 Å². The van der Waals surface area contributed by atoms with Gasteiger partial charge in [0, 0.05) is 25.2 Å². The van der Waals surface area contributed by atoms with Gasteiger partial charge in [-0.1, -0.05) is 30.3 Å². The van der Waals surface area contributed by atoms with Crippen LogP contribution in [0.5, 0.6) is 5.75 Å². The number of hydrogen-bond donors (Lipinski definition) is 2. The number of hydrogen-bond acceptors (Lipinski definition) is 3. The fourth-order valence-electron chi connectivity index (χ4n) is 3.93. The molecule has 3 rings (SSSR count). The molecule has 1 saturated carbocycles. The van der Waals surface area contributed by atoms with Gasteiger partial charge in [-0.2, -0.15) is 13.2 Å². The first kappa shape index (κ1) is 21.9. The predicted molar refractivity (Wildman–Crippen MR) is 107 cm³/mol. The molecule has 162 valence electrons. The van der Waals surface area contributed by atoms with Crippen LogP contribution in [-0.2, 0) is 6.54 Å². The summed E-state index contributed by atoms with van der Waals surface area (Å²) in [4.78, 5) is 24.7. The van der Waals surface area contributed by atoms with Crippen LogP contribution in [0.25, 0.3) is 0 Å². The minimum absolute atomic E-state index is 0.0499. The molecule has 5 nitrogen and oxygen atoms in total. The van der Waals surface area contributed by atoms with E-state index in [1.54, 1.807) is 0 Å². The summed E-state index contributed by atoms with van der Waals surface area (Å²) in [5.74, 6) is -0.830. The molecule has 8 heteroatoms. The van der Waals surface area contributed by atoms with Gasteiger partial charge in [0.2, 0.25) is 0 Å². The molecule has 0 aliphatic heterocycles. The number of aromatic nitrogens is 1. The van der Waals surface area contributed by atoms with Crippen molar-refractivity contribution in [2.24, 2.45) is 0 Å². The van der Waals surface area contributed by atoms with E-state index in [2.05, 4.69) is 17.4 Å². The third-order valence-corrected chi connectivity index (χ3v) is 5.58. The standard InChI is InChI=1S/C22H25F3N2O3/c23-22(24,25)12-4-13-27-14-11-18(19(28)21(27)30)20(29)26-17-9-7-16(8-10-17)15-5-2-1-3-6-15/h1-3,5-6,11,14,16-17,28H,4,7-10,12-13H2,(H,26,29). The number of benzene rings is 1. The van der Waals surface area contributed by atoms with Crippen molar-refractivity contribution in [3.8, 4) is 5.75 Å². The molecule has 0 atom stereocenters. The van der Waals surface area contributed by atoms with Crippen LogP contribution in [0.15, 0.2) is 47.4 Å². The largest absolute Gasteiger partial charge is 0.502 e. The fraction of sp³-hybridized carbons (Fsp3) is 0.455. The molecule has 2 aromatic rings. The van der Waals surface area contributed by atoms with E-state index in [0.29, 0.717) is 5.92 Å². The second kappa shape index (κ2) is 9.36. The van der Waals surface area contributed by atoms with E-state index in [0.717, 1.165) is 30.3 Å². The zero-order chi connectivity index (χ0) is 21.7. The lowest BCUT2D eigenvalue weighted by Gasteiger charge is -2.29. The highest BCUT2D eigenvalue weighted by molar-refractivity contribution is 5.96. The molecular weight excluding hydrogens is 397 g/mol. The maximum Gasteiger partial charge on any atom is 0.389 e.